The zero-order chi connectivity index (χ0) is 31.2. The Bertz CT molecular complexity index is 1730. The van der Waals surface area contributed by atoms with E-state index in [1.807, 2.05) is 47.5 Å². The summed E-state index contributed by atoms with van der Waals surface area (Å²) >= 11 is 0. The predicted molar refractivity (Wildman–Crippen MR) is 178 cm³/mol. The summed E-state index contributed by atoms with van der Waals surface area (Å²) in [7, 11) is 1.70. The van der Waals surface area contributed by atoms with Gasteiger partial charge in [0.2, 0.25) is 11.8 Å². The molecule has 0 aliphatic carbocycles. The molecule has 46 heavy (non-hydrogen) atoms. The van der Waals surface area contributed by atoms with Gasteiger partial charge in [-0.05, 0) is 92.4 Å². The number of nitrogens with zero attached hydrogens (tertiary/aromatic N) is 6. The fourth-order valence-electron chi connectivity index (χ4n) is 8.53. The molecule has 2 aromatic heterocycles. The van der Waals surface area contributed by atoms with Gasteiger partial charge in [-0.25, -0.2) is 0 Å². The first-order valence-corrected chi connectivity index (χ1v) is 16.9. The number of hydrogen-bond donors (Lipinski definition) is 0. The number of fused-ring (bicyclic) bond motifs is 5. The normalized spacial score (nSPS) is 25.9. The van der Waals surface area contributed by atoms with E-state index < -0.39 is 0 Å². The highest BCUT2D eigenvalue weighted by Gasteiger charge is 2.44. The molecule has 0 radical (unpaired) electrons. The third-order valence-electron chi connectivity index (χ3n) is 11.0. The van der Waals surface area contributed by atoms with Crippen molar-refractivity contribution in [2.24, 2.45) is 11.8 Å². The van der Waals surface area contributed by atoms with Gasteiger partial charge in [-0.3, -0.25) is 14.7 Å². The number of carbonyl (C=O) groups is 1. The van der Waals surface area contributed by atoms with Crippen molar-refractivity contribution in [3.63, 3.8) is 0 Å². The first kappa shape index (κ1) is 29.2. The number of rotatable bonds is 8. The Labute approximate surface area is 270 Å². The molecule has 9 nitrogen and oxygen atoms in total. The molecule has 0 spiro atoms. The largest absolute Gasteiger partial charge is 0.497 e. The lowest BCUT2D eigenvalue weighted by atomic mass is 9.72. The van der Waals surface area contributed by atoms with Crippen molar-refractivity contribution in [2.75, 3.05) is 43.1 Å². The number of piperidine rings is 3. The van der Waals surface area contributed by atoms with E-state index in [9.17, 15) is 4.79 Å². The maximum atomic E-state index is 13.8. The van der Waals surface area contributed by atoms with E-state index in [1.165, 1.54) is 18.4 Å². The Balaban J connectivity index is 1.07. The number of methoxy groups -OCH3 is 1. The summed E-state index contributed by atoms with van der Waals surface area (Å²) in [6.07, 6.45) is 7.86. The molecule has 9 rings (SSSR count). The van der Waals surface area contributed by atoms with Gasteiger partial charge >= 0.3 is 0 Å². The molecule has 5 aliphatic heterocycles. The number of anilines is 2. The average Bonchev–Trinajstić information content (AvgIpc) is 3.78. The van der Waals surface area contributed by atoms with Crippen molar-refractivity contribution in [2.45, 2.75) is 63.6 Å². The van der Waals surface area contributed by atoms with Crippen LogP contribution >= 0.6 is 0 Å². The monoisotopic (exact) mass is 618 g/mol. The van der Waals surface area contributed by atoms with Crippen LogP contribution in [0.15, 0.2) is 66.9 Å². The minimum atomic E-state index is -0.241. The zero-order valence-corrected chi connectivity index (χ0v) is 26.7. The van der Waals surface area contributed by atoms with E-state index in [1.54, 1.807) is 7.11 Å². The number of amides is 1. The van der Waals surface area contributed by atoms with Crippen LogP contribution in [0.5, 0.6) is 11.6 Å². The van der Waals surface area contributed by atoms with Crippen molar-refractivity contribution < 1.29 is 14.3 Å². The summed E-state index contributed by atoms with van der Waals surface area (Å²) in [4.78, 5) is 25.2. The van der Waals surface area contributed by atoms with Crippen LogP contribution in [0.1, 0.15) is 56.3 Å². The molecule has 0 saturated carbocycles. The number of carbonyl (C=O) groups excluding carboxylic acids is 1. The Morgan fingerprint density at radius 1 is 1.02 bits per heavy atom. The van der Waals surface area contributed by atoms with Gasteiger partial charge in [-0.2, -0.15) is 0 Å². The third-order valence-corrected chi connectivity index (χ3v) is 11.0. The smallest absolute Gasteiger partial charge is 0.249 e. The molecule has 5 aliphatic rings. The van der Waals surface area contributed by atoms with Crippen LogP contribution in [-0.2, 0) is 11.2 Å². The van der Waals surface area contributed by atoms with Crippen LogP contribution < -0.4 is 19.3 Å². The number of hydrogen-bond acceptors (Lipinski definition) is 8. The maximum absolute atomic E-state index is 13.8. The predicted octanol–water partition coefficient (Wildman–Crippen LogP) is 5.83. The van der Waals surface area contributed by atoms with Crippen LogP contribution in [0.3, 0.4) is 0 Å². The number of benzene rings is 2. The van der Waals surface area contributed by atoms with E-state index in [-0.39, 0.29) is 24.1 Å². The Morgan fingerprint density at radius 2 is 1.93 bits per heavy atom. The zero-order valence-electron chi connectivity index (χ0n) is 26.7. The molecule has 9 heteroatoms. The van der Waals surface area contributed by atoms with Crippen LogP contribution in [-0.4, -0.2) is 71.4 Å². The van der Waals surface area contributed by atoms with Gasteiger partial charge in [0, 0.05) is 48.5 Å². The number of pyridine rings is 1. The Hall–Kier alpha value is -4.24. The summed E-state index contributed by atoms with van der Waals surface area (Å²) in [5, 5.41) is 10.3. The second-order valence-electron chi connectivity index (χ2n) is 13.3. The molecule has 2 unspecified atom stereocenters. The molecule has 4 aromatic rings. The molecule has 4 fully saturated rings. The SMILES string of the molecule is CC[C@H]1CN2CCC1C[C@H]2[C@@H](Oc1ccc(N2CCC[C@@H]2C(=O)N2CCc3ccccc32)nn1)c1ccnc2ccc(OC)cc12. The van der Waals surface area contributed by atoms with Gasteiger partial charge < -0.3 is 19.3 Å². The second-order valence-corrected chi connectivity index (χ2v) is 13.3. The summed E-state index contributed by atoms with van der Waals surface area (Å²) in [6, 6.07) is 20.2. The summed E-state index contributed by atoms with van der Waals surface area (Å²) < 4.78 is 12.5. The third kappa shape index (κ3) is 5.14. The molecule has 238 valence electrons. The van der Waals surface area contributed by atoms with E-state index in [2.05, 4.69) is 56.2 Å². The van der Waals surface area contributed by atoms with E-state index in [0.717, 1.165) is 91.5 Å². The lowest BCUT2D eigenvalue weighted by Crippen LogP contribution is -2.56. The molecule has 4 saturated heterocycles. The standard InChI is InChI=1S/C37H42N6O3/c1-3-24-23-41-19-15-26(24)21-33(41)36(28-14-17-38-30-11-10-27(45-2)22-29(28)30)46-35-13-12-34(39-40-35)42-18-6-9-32(42)37(44)43-20-16-25-7-4-5-8-31(25)43/h4-5,7-8,10-14,17,22,24,26,32-33,36H,3,6,9,15-16,18-21,23H2,1-2H3/t24-,26?,32+,33-,36-/m0/s1. The Morgan fingerprint density at radius 3 is 2.74 bits per heavy atom. The minimum absolute atomic E-state index is 0.149. The van der Waals surface area contributed by atoms with Crippen molar-refractivity contribution >= 4 is 28.3 Å². The second kappa shape index (κ2) is 12.2. The van der Waals surface area contributed by atoms with Gasteiger partial charge in [0.05, 0.1) is 18.7 Å². The van der Waals surface area contributed by atoms with Crippen LogP contribution in [0.25, 0.3) is 10.9 Å². The van der Waals surface area contributed by atoms with Gasteiger partial charge in [-0.15, -0.1) is 10.2 Å². The molecule has 1 amide bonds. The topological polar surface area (TPSA) is 83.9 Å². The molecule has 0 N–H and O–H groups in total. The van der Waals surface area contributed by atoms with Gasteiger partial charge in [-0.1, -0.05) is 31.5 Å². The maximum Gasteiger partial charge on any atom is 0.249 e. The number of para-hydroxylation sites is 1. The van der Waals surface area contributed by atoms with E-state index >= 15 is 0 Å². The minimum Gasteiger partial charge on any atom is -0.497 e. The fraction of sp³-hybridized carbons (Fsp3) is 0.459. The first-order chi connectivity index (χ1) is 22.6. The summed E-state index contributed by atoms with van der Waals surface area (Å²) in [5.41, 5.74) is 4.29. The lowest BCUT2D eigenvalue weighted by Gasteiger charge is -2.51. The highest BCUT2D eigenvalue weighted by atomic mass is 16.5. The lowest BCUT2D eigenvalue weighted by molar-refractivity contribution is -0.119. The van der Waals surface area contributed by atoms with Crippen molar-refractivity contribution in [1.82, 2.24) is 20.1 Å². The van der Waals surface area contributed by atoms with Gasteiger partial charge in [0.15, 0.2) is 5.82 Å². The van der Waals surface area contributed by atoms with Gasteiger partial charge in [0.1, 0.15) is 17.9 Å². The quantitative estimate of drug-likeness (QED) is 0.244. The molecule has 7 heterocycles. The van der Waals surface area contributed by atoms with E-state index in [4.69, 9.17) is 9.47 Å². The van der Waals surface area contributed by atoms with Gasteiger partial charge in [0.25, 0.3) is 0 Å². The molecular weight excluding hydrogens is 576 g/mol. The molecule has 2 bridgehead atoms. The molecule has 6 atom stereocenters. The summed E-state index contributed by atoms with van der Waals surface area (Å²) in [5.74, 6) is 3.60. The number of aromatic nitrogens is 3. The van der Waals surface area contributed by atoms with Crippen LogP contribution in [0.2, 0.25) is 0 Å². The Kier molecular flexibility index (Phi) is 7.72. The van der Waals surface area contributed by atoms with Crippen molar-refractivity contribution in [3.05, 3.63) is 78.0 Å². The van der Waals surface area contributed by atoms with Crippen molar-refractivity contribution in [1.29, 1.82) is 0 Å². The van der Waals surface area contributed by atoms with Crippen LogP contribution in [0, 0.1) is 11.8 Å². The average molecular weight is 619 g/mol. The van der Waals surface area contributed by atoms with E-state index in [0.29, 0.717) is 11.8 Å². The highest BCUT2D eigenvalue weighted by molar-refractivity contribution is 6.00. The molecular formula is C37H42N6O3. The van der Waals surface area contributed by atoms with Crippen molar-refractivity contribution in [3.8, 4) is 11.6 Å². The van der Waals surface area contributed by atoms with Crippen LogP contribution in [0.4, 0.5) is 11.5 Å². The molecule has 2 aromatic carbocycles. The summed E-state index contributed by atoms with van der Waals surface area (Å²) in [6.45, 7) is 6.03. The fourth-order valence-corrected chi connectivity index (χ4v) is 8.53. The highest BCUT2D eigenvalue weighted by Crippen LogP contribution is 2.44. The number of ether oxygens (including phenoxy) is 2. The first-order valence-electron chi connectivity index (χ1n) is 16.9.